The predicted octanol–water partition coefficient (Wildman–Crippen LogP) is 2.51. The van der Waals surface area contributed by atoms with E-state index in [1.54, 1.807) is 0 Å². The quantitative estimate of drug-likeness (QED) is 0.716. The fraction of sp³-hybridized carbons (Fsp3) is 0.923. The van der Waals surface area contributed by atoms with Crippen LogP contribution in [-0.4, -0.2) is 31.6 Å². The molecule has 2 heterocycles. The summed E-state index contributed by atoms with van der Waals surface area (Å²) in [5, 5.41) is 0. The van der Waals surface area contributed by atoms with Gasteiger partial charge >= 0.3 is 5.97 Å². The van der Waals surface area contributed by atoms with Gasteiger partial charge in [0.15, 0.2) is 6.29 Å². The maximum absolute atomic E-state index is 10.2. The first-order valence-corrected chi connectivity index (χ1v) is 6.56. The number of rotatable bonds is 3. The monoisotopic (exact) mass is 244 g/mol. The minimum Gasteiger partial charge on any atom is -0.461 e. The molecule has 0 aromatic rings. The van der Waals surface area contributed by atoms with Gasteiger partial charge in [-0.1, -0.05) is 13.8 Å². The van der Waals surface area contributed by atoms with Gasteiger partial charge in [-0.05, 0) is 32.1 Å². The fourth-order valence-corrected chi connectivity index (χ4v) is 1.72. The average Bonchev–Trinajstić information content (AvgIpc) is 2.27. The summed E-state index contributed by atoms with van der Waals surface area (Å²) in [6.45, 7) is 7.75. The molecule has 2 atom stereocenters. The zero-order chi connectivity index (χ0) is 12.7. The molecule has 0 saturated carbocycles. The topological polar surface area (TPSA) is 44.8 Å². The third-order valence-electron chi connectivity index (χ3n) is 2.88. The largest absolute Gasteiger partial charge is 0.461 e. The van der Waals surface area contributed by atoms with E-state index >= 15 is 0 Å². The molecule has 0 radical (unpaired) electrons. The summed E-state index contributed by atoms with van der Waals surface area (Å²) < 4.78 is 15.3. The lowest BCUT2D eigenvalue weighted by Gasteiger charge is -2.28. The Hall–Kier alpha value is -0.610. The molecule has 2 rings (SSSR count). The minimum absolute atomic E-state index is 0.0521. The molecule has 0 aliphatic carbocycles. The van der Waals surface area contributed by atoms with Crippen molar-refractivity contribution in [3.8, 4) is 0 Å². The molecule has 4 heteroatoms. The highest BCUT2D eigenvalue weighted by molar-refractivity contribution is 5.75. The summed E-state index contributed by atoms with van der Waals surface area (Å²) >= 11 is 0. The Kier molecular flexibility index (Phi) is 6.52. The number of hydrogen-bond acceptors (Lipinski definition) is 4. The highest BCUT2D eigenvalue weighted by Crippen LogP contribution is 2.20. The Morgan fingerprint density at radius 1 is 1.41 bits per heavy atom. The molecule has 0 aromatic heterocycles. The lowest BCUT2D eigenvalue weighted by molar-refractivity contribution is -0.173. The van der Waals surface area contributed by atoms with Gasteiger partial charge in [0.25, 0.3) is 0 Å². The van der Waals surface area contributed by atoms with E-state index in [4.69, 9.17) is 14.2 Å². The van der Waals surface area contributed by atoms with Crippen molar-refractivity contribution in [2.75, 3.05) is 13.2 Å². The number of cyclic esters (lactones) is 1. The third-order valence-corrected chi connectivity index (χ3v) is 2.88. The van der Waals surface area contributed by atoms with Crippen LogP contribution in [0, 0.1) is 5.92 Å². The van der Waals surface area contributed by atoms with Crippen molar-refractivity contribution < 1.29 is 19.0 Å². The van der Waals surface area contributed by atoms with Gasteiger partial charge < -0.3 is 14.2 Å². The van der Waals surface area contributed by atoms with Crippen LogP contribution in [0.15, 0.2) is 0 Å². The third kappa shape index (κ3) is 5.50. The summed E-state index contributed by atoms with van der Waals surface area (Å²) in [4.78, 5) is 10.2. The molecule has 0 bridgehead atoms. The number of ether oxygens (including phenoxy) is 3. The van der Waals surface area contributed by atoms with E-state index in [2.05, 4.69) is 13.8 Å². The Labute approximate surface area is 104 Å². The predicted molar refractivity (Wildman–Crippen MR) is 64.6 cm³/mol. The van der Waals surface area contributed by atoms with Gasteiger partial charge in [0.1, 0.15) is 6.10 Å². The molecule has 100 valence electrons. The van der Waals surface area contributed by atoms with Crippen molar-refractivity contribution in [2.45, 2.75) is 58.8 Å². The van der Waals surface area contributed by atoms with Crippen molar-refractivity contribution in [1.29, 1.82) is 0 Å². The van der Waals surface area contributed by atoms with Crippen LogP contribution in [0.1, 0.15) is 46.5 Å². The van der Waals surface area contributed by atoms with E-state index in [0.29, 0.717) is 12.3 Å². The second-order valence-corrected chi connectivity index (χ2v) is 4.73. The molecule has 2 fully saturated rings. The Morgan fingerprint density at radius 2 is 2.12 bits per heavy atom. The first-order valence-electron chi connectivity index (χ1n) is 6.56. The van der Waals surface area contributed by atoms with Crippen molar-refractivity contribution in [3.05, 3.63) is 0 Å². The Balaban J connectivity index is 0.000000171. The van der Waals surface area contributed by atoms with Crippen LogP contribution in [0.25, 0.3) is 0 Å². The number of hydrogen-bond donors (Lipinski definition) is 0. The van der Waals surface area contributed by atoms with Gasteiger partial charge in [0.2, 0.25) is 0 Å². The van der Waals surface area contributed by atoms with Crippen molar-refractivity contribution in [3.63, 3.8) is 0 Å². The summed E-state index contributed by atoms with van der Waals surface area (Å²) in [5.41, 5.74) is 0. The number of esters is 1. The minimum atomic E-state index is -0.0521. The van der Waals surface area contributed by atoms with Gasteiger partial charge in [-0.25, -0.2) is 0 Å². The second-order valence-electron chi connectivity index (χ2n) is 4.73. The van der Waals surface area contributed by atoms with E-state index in [1.807, 2.05) is 6.92 Å². The molecule has 4 nitrogen and oxygen atoms in total. The maximum atomic E-state index is 10.2. The first kappa shape index (κ1) is 14.5. The van der Waals surface area contributed by atoms with Crippen LogP contribution in [0.4, 0.5) is 0 Å². The first-order chi connectivity index (χ1) is 8.13. The molecular formula is C13H24O4. The molecule has 2 saturated heterocycles. The molecule has 0 N–H and O–H groups in total. The number of carbonyl (C=O) groups is 1. The van der Waals surface area contributed by atoms with E-state index in [1.165, 1.54) is 12.8 Å². The smallest absolute Gasteiger partial charge is 0.309 e. The average molecular weight is 244 g/mol. The molecular weight excluding hydrogens is 220 g/mol. The molecule has 17 heavy (non-hydrogen) atoms. The van der Waals surface area contributed by atoms with Gasteiger partial charge in [-0.15, -0.1) is 0 Å². The summed E-state index contributed by atoms with van der Waals surface area (Å²) in [7, 11) is 0. The van der Waals surface area contributed by atoms with E-state index < -0.39 is 0 Å². The molecule has 0 spiro atoms. The van der Waals surface area contributed by atoms with Crippen LogP contribution in [0.5, 0.6) is 0 Å². The molecule has 2 aliphatic rings. The zero-order valence-corrected chi connectivity index (χ0v) is 11.1. The van der Waals surface area contributed by atoms with Crippen LogP contribution in [-0.2, 0) is 19.0 Å². The van der Waals surface area contributed by atoms with Gasteiger partial charge in [-0.2, -0.15) is 0 Å². The Bertz CT molecular complexity index is 211. The van der Waals surface area contributed by atoms with Gasteiger partial charge in [0.05, 0.1) is 6.42 Å². The van der Waals surface area contributed by atoms with Crippen LogP contribution < -0.4 is 0 Å². The molecule has 0 aromatic carbocycles. The lowest BCUT2D eigenvalue weighted by atomic mass is 10.0. The van der Waals surface area contributed by atoms with Crippen LogP contribution in [0.2, 0.25) is 0 Å². The van der Waals surface area contributed by atoms with Crippen LogP contribution in [0.3, 0.4) is 0 Å². The van der Waals surface area contributed by atoms with E-state index in [-0.39, 0.29) is 18.4 Å². The fourth-order valence-electron chi connectivity index (χ4n) is 1.72. The standard InChI is InChI=1S/C7H14O2.C6H10O2/c1-2-8-7-5-3-4-6-9-7;1-4(2)5-3-6(7)8-5/h7H,2-6H2,1H3;4-5H,3H2,1-2H3. The summed E-state index contributed by atoms with van der Waals surface area (Å²) in [6.07, 6.45) is 4.46. The zero-order valence-electron chi connectivity index (χ0n) is 11.1. The van der Waals surface area contributed by atoms with Crippen molar-refractivity contribution in [1.82, 2.24) is 0 Å². The van der Waals surface area contributed by atoms with Crippen molar-refractivity contribution >= 4 is 5.97 Å². The molecule has 2 aliphatic heterocycles. The maximum Gasteiger partial charge on any atom is 0.309 e. The summed E-state index contributed by atoms with van der Waals surface area (Å²) in [6, 6.07) is 0. The van der Waals surface area contributed by atoms with Crippen molar-refractivity contribution in [2.24, 2.45) is 5.92 Å². The van der Waals surface area contributed by atoms with Gasteiger partial charge in [-0.3, -0.25) is 4.79 Å². The molecule has 0 amide bonds. The highest BCUT2D eigenvalue weighted by atomic mass is 16.7. The second kappa shape index (κ2) is 7.67. The SMILES string of the molecule is CC(C)C1CC(=O)O1.CCOC1CCCCO1. The molecule has 2 unspecified atom stereocenters. The summed E-state index contributed by atoms with van der Waals surface area (Å²) in [5.74, 6) is 0.441. The van der Waals surface area contributed by atoms with Gasteiger partial charge in [0, 0.05) is 13.2 Å². The Morgan fingerprint density at radius 3 is 2.47 bits per heavy atom. The lowest BCUT2D eigenvalue weighted by Crippen LogP contribution is -2.36. The van der Waals surface area contributed by atoms with E-state index in [0.717, 1.165) is 19.6 Å². The highest BCUT2D eigenvalue weighted by Gasteiger charge is 2.30. The van der Waals surface area contributed by atoms with E-state index in [9.17, 15) is 4.79 Å². The normalized spacial score (nSPS) is 27.9. The van der Waals surface area contributed by atoms with Crippen LogP contribution >= 0.6 is 0 Å². The number of carbonyl (C=O) groups excluding carboxylic acids is 1.